The van der Waals surface area contributed by atoms with Gasteiger partial charge < -0.3 is 35.7 Å². The summed E-state index contributed by atoms with van der Waals surface area (Å²) in [6.45, 7) is 28.2. The molecule has 0 radical (unpaired) electrons. The summed E-state index contributed by atoms with van der Waals surface area (Å²) in [6, 6.07) is 0. The molecule has 0 saturated heterocycles. The predicted octanol–water partition coefficient (Wildman–Crippen LogP) is 14.1. The second-order valence-electron chi connectivity index (χ2n) is 27.7. The normalized spacial score (nSPS) is 39.4. The third kappa shape index (κ3) is 15.2. The first-order valence-corrected chi connectivity index (χ1v) is 30.4. The Kier molecular flexibility index (Phi) is 21.7. The quantitative estimate of drug-likeness (QED) is 0.0966. The SMILES string of the molecule is C=C1CC[C@H](O)C/C1=C/C=C1\CCC[C@]2(C)[C@@H]([C@H](C)/C=C/[C@H](C)C(C)(C)O)CC[C@@H]12.C[C@H](/C=C/[C@H](C)C(C)(C)O)[C@H]1CC[C@H]2/C(=C/C=C3C[C@@H](O)C[C@H](O)C3)CCC[C@]12C.C[C@H](CO)[C@H]1CC[C@H]2C(O)CCC[C@H]12. The molecular weight excluding hydrogens is 917 g/mol. The van der Waals surface area contributed by atoms with Crippen LogP contribution in [0.4, 0.5) is 0 Å². The summed E-state index contributed by atoms with van der Waals surface area (Å²) in [4.78, 5) is 0. The number of hydrogen-bond acceptors (Lipinski definition) is 7. The molecule has 0 aromatic carbocycles. The third-order valence-electron chi connectivity index (χ3n) is 21.7. The number of aliphatic hydroxyl groups is 7. The van der Waals surface area contributed by atoms with Crippen molar-refractivity contribution in [2.45, 2.75) is 247 Å². The first kappa shape index (κ1) is 61.1. The summed E-state index contributed by atoms with van der Waals surface area (Å²) >= 11 is 0. The minimum Gasteiger partial charge on any atom is -0.396 e. The molecule has 0 aliphatic heterocycles. The van der Waals surface area contributed by atoms with E-state index in [-0.39, 0.29) is 24.0 Å². The fourth-order valence-electron chi connectivity index (χ4n) is 16.3. The maximum atomic E-state index is 10.3. The largest absolute Gasteiger partial charge is 0.396 e. The lowest BCUT2D eigenvalue weighted by molar-refractivity contribution is 0.0268. The molecule has 0 heterocycles. The van der Waals surface area contributed by atoms with E-state index in [9.17, 15) is 35.7 Å². The fourth-order valence-corrected chi connectivity index (χ4v) is 16.3. The molecular formula is C67H110O7. The van der Waals surface area contributed by atoms with Crippen LogP contribution in [-0.4, -0.2) is 78.0 Å². The lowest BCUT2D eigenvalue weighted by Crippen LogP contribution is -2.35. The highest BCUT2D eigenvalue weighted by molar-refractivity contribution is 5.36. The van der Waals surface area contributed by atoms with E-state index < -0.39 is 23.4 Å². The highest BCUT2D eigenvalue weighted by Gasteiger charge is 2.52. The van der Waals surface area contributed by atoms with Gasteiger partial charge in [-0.3, -0.25) is 0 Å². The Morgan fingerprint density at radius 2 is 1.08 bits per heavy atom. The molecule has 420 valence electrons. The Labute approximate surface area is 452 Å². The first-order valence-electron chi connectivity index (χ1n) is 30.4. The molecule has 1 unspecified atom stereocenters. The minimum atomic E-state index is -0.674. The van der Waals surface area contributed by atoms with Gasteiger partial charge in [-0.1, -0.05) is 132 Å². The Morgan fingerprint density at radius 1 is 0.568 bits per heavy atom. The Balaban J connectivity index is 0.000000192. The van der Waals surface area contributed by atoms with E-state index in [1.807, 2.05) is 27.7 Å². The van der Waals surface area contributed by atoms with Crippen LogP contribution in [0.5, 0.6) is 0 Å². The molecule has 18 atom stereocenters. The summed E-state index contributed by atoms with van der Waals surface area (Å²) in [6.07, 6.45) is 40.3. The number of fused-ring (bicyclic) bond motifs is 3. The predicted molar refractivity (Wildman–Crippen MR) is 307 cm³/mol. The molecule has 7 nitrogen and oxygen atoms in total. The second kappa shape index (κ2) is 26.2. The van der Waals surface area contributed by atoms with E-state index in [2.05, 4.69) is 104 Å². The molecule has 8 saturated carbocycles. The van der Waals surface area contributed by atoms with Gasteiger partial charge in [0.1, 0.15) is 0 Å². The molecule has 0 bridgehead atoms. The maximum Gasteiger partial charge on any atom is 0.0651 e. The molecule has 8 rings (SSSR count). The monoisotopic (exact) mass is 1030 g/mol. The zero-order valence-electron chi connectivity index (χ0n) is 48.8. The van der Waals surface area contributed by atoms with Crippen LogP contribution in [0.15, 0.2) is 83.1 Å². The van der Waals surface area contributed by atoms with Gasteiger partial charge in [-0.15, -0.1) is 0 Å². The van der Waals surface area contributed by atoms with Crippen LogP contribution in [0.1, 0.15) is 211 Å². The summed E-state index contributed by atoms with van der Waals surface area (Å²) in [7, 11) is 0. The van der Waals surface area contributed by atoms with Gasteiger partial charge >= 0.3 is 0 Å². The van der Waals surface area contributed by atoms with E-state index in [0.717, 1.165) is 25.7 Å². The highest BCUT2D eigenvalue weighted by atomic mass is 16.3. The molecule has 0 spiro atoms. The van der Waals surface area contributed by atoms with Crippen molar-refractivity contribution in [1.82, 2.24) is 0 Å². The Morgan fingerprint density at radius 3 is 1.58 bits per heavy atom. The van der Waals surface area contributed by atoms with Gasteiger partial charge in [0.15, 0.2) is 0 Å². The molecule has 7 N–H and O–H groups in total. The van der Waals surface area contributed by atoms with Crippen molar-refractivity contribution in [3.05, 3.63) is 83.1 Å². The molecule has 7 heteroatoms. The lowest BCUT2D eigenvalue weighted by Gasteiger charge is -2.44. The van der Waals surface area contributed by atoms with Crippen molar-refractivity contribution in [2.24, 2.45) is 81.8 Å². The molecule has 8 fully saturated rings. The van der Waals surface area contributed by atoms with Gasteiger partial charge in [0, 0.05) is 18.4 Å². The van der Waals surface area contributed by atoms with E-state index >= 15 is 0 Å². The molecule has 8 aliphatic rings. The number of rotatable bonds is 12. The van der Waals surface area contributed by atoms with Crippen molar-refractivity contribution in [2.75, 3.05) is 6.61 Å². The highest BCUT2D eigenvalue weighted by Crippen LogP contribution is 2.61. The zero-order chi connectivity index (χ0) is 54.3. The van der Waals surface area contributed by atoms with Crippen molar-refractivity contribution in [3.63, 3.8) is 0 Å². The van der Waals surface area contributed by atoms with Crippen LogP contribution < -0.4 is 0 Å². The summed E-state index contributed by atoms with van der Waals surface area (Å²) in [5, 5.41) is 69.5. The molecule has 0 aromatic rings. The van der Waals surface area contributed by atoms with Crippen LogP contribution in [0.25, 0.3) is 0 Å². The Bertz CT molecular complexity index is 2000. The summed E-state index contributed by atoms with van der Waals surface area (Å²) in [5.74, 6) is 6.42. The smallest absolute Gasteiger partial charge is 0.0651 e. The summed E-state index contributed by atoms with van der Waals surface area (Å²) in [5.41, 5.74) is 6.22. The van der Waals surface area contributed by atoms with Crippen molar-refractivity contribution in [1.29, 1.82) is 0 Å². The van der Waals surface area contributed by atoms with Crippen LogP contribution in [0, 0.1) is 81.8 Å². The zero-order valence-corrected chi connectivity index (χ0v) is 48.8. The molecule has 8 aliphatic carbocycles. The molecule has 0 aromatic heterocycles. The van der Waals surface area contributed by atoms with E-state index in [0.29, 0.717) is 95.9 Å². The van der Waals surface area contributed by atoms with Gasteiger partial charge in [0.05, 0.1) is 35.6 Å². The second-order valence-corrected chi connectivity index (χ2v) is 27.7. The standard InChI is InChI=1S/C28H44O2.C27H44O3.C12H22O2/c1-19-10-14-24(29)18-23(19)13-12-22-8-7-17-28(6)25(15-16-26(22)28)20(2)9-11-21(3)27(4,5)30;1-18(8-9-19(2)26(3,4)30)24-12-13-25-21(7-6-14-27(24,25)5)11-10-20-15-22(28)17-23(29)16-20;1-8(7-13)9-5-6-11-10(9)3-2-4-12(11)14/h9,11-13,20-21,24-26,29-30H,1,7-8,10,14-18H2,2-6H3;8-11,18-19,22-25,28-30H,6-7,12-17H2,1-5H3;8-14H,2-7H2,1H3/b11-9+,22-12+,23-13-;9-8+,21-11+;/t20-,21+,24+,25-,26+,28-;18-,19+,22-,23-,24-,25+,27-;8-,9-,10-,11-,12?/m111/s1. The lowest BCUT2D eigenvalue weighted by atomic mass is 9.61. The number of hydrogen-bond donors (Lipinski definition) is 7. The third-order valence-corrected chi connectivity index (χ3v) is 21.7. The van der Waals surface area contributed by atoms with Crippen molar-refractivity contribution in [3.8, 4) is 0 Å². The maximum absolute atomic E-state index is 10.3. The van der Waals surface area contributed by atoms with E-state index in [1.165, 1.54) is 107 Å². The van der Waals surface area contributed by atoms with E-state index in [1.54, 1.807) is 11.1 Å². The van der Waals surface area contributed by atoms with Crippen molar-refractivity contribution >= 4 is 0 Å². The van der Waals surface area contributed by atoms with Crippen LogP contribution in [0.3, 0.4) is 0 Å². The van der Waals surface area contributed by atoms with Gasteiger partial charge in [-0.05, 0) is 232 Å². The number of aliphatic hydroxyl groups excluding tert-OH is 5. The summed E-state index contributed by atoms with van der Waals surface area (Å²) < 4.78 is 0. The fraction of sp³-hybridized carbons (Fsp3) is 0.791. The van der Waals surface area contributed by atoms with Gasteiger partial charge in [-0.2, -0.15) is 0 Å². The van der Waals surface area contributed by atoms with Crippen LogP contribution in [-0.2, 0) is 0 Å². The number of allylic oxidation sites excluding steroid dienone is 9. The Hall–Kier alpha value is -2.10. The van der Waals surface area contributed by atoms with Gasteiger partial charge in [0.2, 0.25) is 0 Å². The van der Waals surface area contributed by atoms with Crippen LogP contribution in [0.2, 0.25) is 0 Å². The minimum absolute atomic E-state index is 0.0513. The van der Waals surface area contributed by atoms with Crippen molar-refractivity contribution < 1.29 is 35.7 Å². The molecule has 74 heavy (non-hydrogen) atoms. The first-order chi connectivity index (χ1) is 34.8. The molecule has 0 amide bonds. The van der Waals surface area contributed by atoms with Gasteiger partial charge in [-0.25, -0.2) is 0 Å². The van der Waals surface area contributed by atoms with Gasteiger partial charge in [0.25, 0.3) is 0 Å². The van der Waals surface area contributed by atoms with E-state index in [4.69, 9.17) is 0 Å². The average Bonchev–Trinajstić information content (AvgIpc) is 4.05. The average molecular weight is 1030 g/mol. The van der Waals surface area contributed by atoms with Crippen LogP contribution >= 0.6 is 0 Å². The topological polar surface area (TPSA) is 142 Å².